The molecule has 2 aromatic carbocycles. The van der Waals surface area contributed by atoms with Crippen molar-refractivity contribution in [2.24, 2.45) is 0 Å². The van der Waals surface area contributed by atoms with Gasteiger partial charge >= 0.3 is 11.9 Å². The Kier molecular flexibility index (Phi) is 5.22. The van der Waals surface area contributed by atoms with E-state index in [4.69, 9.17) is 9.84 Å². The highest BCUT2D eigenvalue weighted by Gasteiger charge is 2.10. The molecule has 0 aliphatic heterocycles. The Morgan fingerprint density at radius 1 is 1.09 bits per heavy atom. The van der Waals surface area contributed by atoms with E-state index in [-0.39, 0.29) is 11.5 Å². The number of hydrogen-bond donors (Lipinski definition) is 1. The number of carbonyl (C=O) groups excluding carboxylic acids is 1. The molecule has 1 N–H and O–H groups in total. The number of aryl methyl sites for hydroxylation is 1. The summed E-state index contributed by atoms with van der Waals surface area (Å²) in [5, 5.41) is 8.90. The topological polar surface area (TPSA) is 63.6 Å². The van der Waals surface area contributed by atoms with Crippen LogP contribution in [-0.4, -0.2) is 24.2 Å². The van der Waals surface area contributed by atoms with Gasteiger partial charge in [-0.05, 0) is 54.4 Å². The Morgan fingerprint density at radius 2 is 1.73 bits per heavy atom. The lowest BCUT2D eigenvalue weighted by Crippen LogP contribution is -2.02. The molecule has 5 heteroatoms. The number of carbonyl (C=O) groups is 2. The number of aromatic carboxylic acids is 1. The van der Waals surface area contributed by atoms with Gasteiger partial charge in [0.05, 0.1) is 18.2 Å². The van der Waals surface area contributed by atoms with E-state index in [1.165, 1.54) is 7.11 Å². The van der Waals surface area contributed by atoms with Crippen LogP contribution in [0.4, 0.5) is 0 Å². The number of benzene rings is 2. The van der Waals surface area contributed by atoms with E-state index >= 15 is 0 Å². The van der Waals surface area contributed by atoms with E-state index in [0.717, 1.165) is 21.8 Å². The number of esters is 1. The number of ether oxygens (including phenoxy) is 1. The summed E-state index contributed by atoms with van der Waals surface area (Å²) in [7, 11) is 1.36. The summed E-state index contributed by atoms with van der Waals surface area (Å²) in [5.41, 5.74) is 1.85. The van der Waals surface area contributed by atoms with Crippen LogP contribution in [0.15, 0.2) is 52.3 Å². The van der Waals surface area contributed by atoms with Crippen LogP contribution in [0.2, 0.25) is 0 Å². The molecule has 2 aromatic rings. The first-order valence-corrected chi connectivity index (χ1v) is 7.59. The predicted octanol–water partition coefficient (Wildman–Crippen LogP) is 3.89. The third-order valence-electron chi connectivity index (χ3n) is 3.19. The molecule has 22 heavy (non-hydrogen) atoms. The van der Waals surface area contributed by atoms with Gasteiger partial charge in [-0.2, -0.15) is 0 Å². The fourth-order valence-corrected chi connectivity index (χ4v) is 2.99. The molecule has 0 heterocycles. The maximum absolute atomic E-state index is 11.6. The van der Waals surface area contributed by atoms with Gasteiger partial charge in [0.2, 0.25) is 0 Å². The van der Waals surface area contributed by atoms with Gasteiger partial charge in [0, 0.05) is 9.79 Å². The van der Waals surface area contributed by atoms with Gasteiger partial charge < -0.3 is 9.84 Å². The quantitative estimate of drug-likeness (QED) is 0.848. The van der Waals surface area contributed by atoms with E-state index < -0.39 is 5.97 Å². The lowest BCUT2D eigenvalue weighted by molar-refractivity contribution is 0.0599. The Labute approximate surface area is 133 Å². The van der Waals surface area contributed by atoms with Crippen LogP contribution in [0.25, 0.3) is 0 Å². The highest BCUT2D eigenvalue weighted by molar-refractivity contribution is 7.99. The minimum absolute atomic E-state index is 0.265. The highest BCUT2D eigenvalue weighted by Crippen LogP contribution is 2.31. The first-order chi connectivity index (χ1) is 10.5. The fraction of sp³-hybridized carbons (Fsp3) is 0.176. The summed E-state index contributed by atoms with van der Waals surface area (Å²) >= 11 is 1.54. The van der Waals surface area contributed by atoms with Gasteiger partial charge in [0.15, 0.2) is 0 Å². The van der Waals surface area contributed by atoms with Crippen molar-refractivity contribution in [1.82, 2.24) is 0 Å². The average Bonchev–Trinajstić information content (AvgIpc) is 2.55. The third kappa shape index (κ3) is 3.68. The van der Waals surface area contributed by atoms with E-state index in [0.29, 0.717) is 5.56 Å². The molecule has 0 unspecified atom stereocenters. The van der Waals surface area contributed by atoms with Gasteiger partial charge in [-0.3, -0.25) is 0 Å². The number of hydrogen-bond acceptors (Lipinski definition) is 4. The zero-order valence-electron chi connectivity index (χ0n) is 12.3. The van der Waals surface area contributed by atoms with Crippen molar-refractivity contribution < 1.29 is 19.4 Å². The predicted molar refractivity (Wildman–Crippen MR) is 84.7 cm³/mol. The van der Waals surface area contributed by atoms with Gasteiger partial charge in [0.1, 0.15) is 0 Å². The molecule has 0 aromatic heterocycles. The van der Waals surface area contributed by atoms with Crippen LogP contribution in [0.1, 0.15) is 33.2 Å². The highest BCUT2D eigenvalue weighted by atomic mass is 32.2. The molecule has 0 saturated heterocycles. The van der Waals surface area contributed by atoms with Crippen LogP contribution in [0, 0.1) is 0 Å². The van der Waals surface area contributed by atoms with Crippen LogP contribution in [0.3, 0.4) is 0 Å². The molecule has 0 aliphatic carbocycles. The monoisotopic (exact) mass is 316 g/mol. The summed E-state index contributed by atoms with van der Waals surface area (Å²) in [5.74, 6) is -1.29. The Bertz CT molecular complexity index is 692. The van der Waals surface area contributed by atoms with Crippen molar-refractivity contribution in [3.05, 3.63) is 59.2 Å². The van der Waals surface area contributed by atoms with Crippen LogP contribution >= 0.6 is 11.8 Å². The Morgan fingerprint density at radius 3 is 2.27 bits per heavy atom. The molecule has 0 fully saturated rings. The summed E-state index contributed by atoms with van der Waals surface area (Å²) < 4.78 is 4.73. The molecule has 0 spiro atoms. The van der Waals surface area contributed by atoms with Crippen molar-refractivity contribution in [3.8, 4) is 0 Å². The summed E-state index contributed by atoms with van der Waals surface area (Å²) in [6, 6.07) is 12.2. The smallest absolute Gasteiger partial charge is 0.337 e. The zero-order valence-corrected chi connectivity index (χ0v) is 13.1. The van der Waals surface area contributed by atoms with Crippen molar-refractivity contribution in [3.63, 3.8) is 0 Å². The van der Waals surface area contributed by atoms with Crippen LogP contribution in [0.5, 0.6) is 0 Å². The minimum Gasteiger partial charge on any atom is -0.478 e. The fourth-order valence-electron chi connectivity index (χ4n) is 1.99. The van der Waals surface area contributed by atoms with E-state index in [1.54, 1.807) is 42.1 Å². The number of carboxylic acid groups (broad SMARTS) is 1. The molecule has 2 rings (SSSR count). The SMILES string of the molecule is CCc1cc(C(=O)OC)ccc1Sc1ccc(C(=O)O)cc1. The lowest BCUT2D eigenvalue weighted by atomic mass is 10.1. The summed E-state index contributed by atoms with van der Waals surface area (Å²) in [6.45, 7) is 2.02. The van der Waals surface area contributed by atoms with Crippen molar-refractivity contribution >= 4 is 23.7 Å². The molecule has 0 atom stereocenters. The van der Waals surface area contributed by atoms with Gasteiger partial charge in [0.25, 0.3) is 0 Å². The largest absolute Gasteiger partial charge is 0.478 e. The lowest BCUT2D eigenvalue weighted by Gasteiger charge is -2.09. The van der Waals surface area contributed by atoms with Crippen molar-refractivity contribution in [1.29, 1.82) is 0 Å². The summed E-state index contributed by atoms with van der Waals surface area (Å²) in [6.07, 6.45) is 0.792. The maximum atomic E-state index is 11.6. The van der Waals surface area contributed by atoms with Gasteiger partial charge in [-0.1, -0.05) is 18.7 Å². The molecule has 4 nitrogen and oxygen atoms in total. The van der Waals surface area contributed by atoms with E-state index in [9.17, 15) is 9.59 Å². The molecular weight excluding hydrogens is 300 g/mol. The zero-order chi connectivity index (χ0) is 16.1. The van der Waals surface area contributed by atoms with Crippen molar-refractivity contribution in [2.45, 2.75) is 23.1 Å². The first-order valence-electron chi connectivity index (χ1n) is 6.77. The molecular formula is C17H16O4S. The second-order valence-electron chi connectivity index (χ2n) is 4.60. The molecule has 0 aliphatic rings. The average molecular weight is 316 g/mol. The number of rotatable bonds is 5. The van der Waals surface area contributed by atoms with E-state index in [1.807, 2.05) is 19.1 Å². The molecule has 0 radical (unpaired) electrons. The van der Waals surface area contributed by atoms with Crippen molar-refractivity contribution in [2.75, 3.05) is 7.11 Å². The maximum Gasteiger partial charge on any atom is 0.337 e. The second kappa shape index (κ2) is 7.13. The minimum atomic E-state index is -0.937. The molecule has 0 saturated carbocycles. The number of carboxylic acids is 1. The second-order valence-corrected chi connectivity index (χ2v) is 5.71. The van der Waals surface area contributed by atoms with Gasteiger partial charge in [-0.15, -0.1) is 0 Å². The Balaban J connectivity index is 2.25. The first kappa shape index (κ1) is 16.1. The third-order valence-corrected chi connectivity index (χ3v) is 4.32. The molecule has 114 valence electrons. The molecule has 0 bridgehead atoms. The standard InChI is InChI=1S/C17H16O4S/c1-3-11-10-13(17(20)21-2)6-9-15(11)22-14-7-4-12(5-8-14)16(18)19/h4-10H,3H2,1-2H3,(H,18,19). The van der Waals surface area contributed by atoms with Crippen LogP contribution < -0.4 is 0 Å². The van der Waals surface area contributed by atoms with Gasteiger partial charge in [-0.25, -0.2) is 9.59 Å². The normalized spacial score (nSPS) is 10.3. The van der Waals surface area contributed by atoms with E-state index in [2.05, 4.69) is 0 Å². The molecule has 0 amide bonds. The number of methoxy groups -OCH3 is 1. The Hall–Kier alpha value is -2.27. The summed E-state index contributed by atoms with van der Waals surface area (Å²) in [4.78, 5) is 24.4. The van der Waals surface area contributed by atoms with Crippen LogP contribution in [-0.2, 0) is 11.2 Å².